The van der Waals surface area contributed by atoms with Crippen LogP contribution in [0.1, 0.15) is 20.3 Å². The number of hydrogen-bond donors (Lipinski definition) is 2. The smallest absolute Gasteiger partial charge is 0.288 e. The van der Waals surface area contributed by atoms with Gasteiger partial charge < -0.3 is 11.1 Å². The van der Waals surface area contributed by atoms with E-state index >= 15 is 0 Å². The molecule has 7 heteroatoms. The van der Waals surface area contributed by atoms with Gasteiger partial charge in [-0.25, -0.2) is 0 Å². The minimum absolute atomic E-state index is 0.0276. The Bertz CT molecular complexity index is 491. The van der Waals surface area contributed by atoms with E-state index < -0.39 is 11.0 Å². The van der Waals surface area contributed by atoms with Gasteiger partial charge in [-0.1, -0.05) is 25.4 Å². The molecular formula is C12H16ClN3O3. The fourth-order valence-corrected chi connectivity index (χ4v) is 1.83. The van der Waals surface area contributed by atoms with Crippen molar-refractivity contribution >= 4 is 28.9 Å². The molecule has 3 N–H and O–H groups in total. The molecule has 0 aliphatic carbocycles. The van der Waals surface area contributed by atoms with Crippen molar-refractivity contribution in [2.24, 2.45) is 11.7 Å². The maximum atomic E-state index is 11.8. The van der Waals surface area contributed by atoms with E-state index in [1.807, 2.05) is 13.8 Å². The molecule has 0 radical (unpaired) electrons. The highest BCUT2D eigenvalue weighted by molar-refractivity contribution is 6.33. The lowest BCUT2D eigenvalue weighted by atomic mass is 10.0. The average molecular weight is 286 g/mol. The van der Waals surface area contributed by atoms with E-state index in [9.17, 15) is 14.9 Å². The predicted octanol–water partition coefficient (Wildman–Crippen LogP) is 2.56. The third-order valence-electron chi connectivity index (χ3n) is 2.47. The number of carbonyl (C=O) groups is 1. The number of anilines is 1. The highest BCUT2D eigenvalue weighted by atomic mass is 35.5. The van der Waals surface area contributed by atoms with Crippen LogP contribution in [-0.4, -0.2) is 16.9 Å². The number of nitrogens with one attached hydrogen (secondary N) is 1. The van der Waals surface area contributed by atoms with Gasteiger partial charge in [-0.2, -0.15) is 0 Å². The third kappa shape index (κ3) is 4.50. The van der Waals surface area contributed by atoms with Crippen molar-refractivity contribution in [3.8, 4) is 0 Å². The van der Waals surface area contributed by atoms with Crippen molar-refractivity contribution in [3.05, 3.63) is 33.3 Å². The Labute approximate surface area is 116 Å². The largest absolute Gasteiger partial charge is 0.325 e. The number of rotatable bonds is 5. The fraction of sp³-hybridized carbons (Fsp3) is 0.417. The lowest BCUT2D eigenvalue weighted by molar-refractivity contribution is -0.384. The van der Waals surface area contributed by atoms with Crippen molar-refractivity contribution in [2.45, 2.75) is 26.3 Å². The summed E-state index contributed by atoms with van der Waals surface area (Å²) in [6.45, 7) is 3.94. The van der Waals surface area contributed by atoms with E-state index in [1.165, 1.54) is 18.2 Å². The van der Waals surface area contributed by atoms with Crippen LogP contribution in [0.2, 0.25) is 5.02 Å². The zero-order chi connectivity index (χ0) is 14.6. The monoisotopic (exact) mass is 285 g/mol. The number of amides is 1. The Kier molecular flexibility index (Phi) is 5.26. The van der Waals surface area contributed by atoms with Crippen LogP contribution in [0.15, 0.2) is 18.2 Å². The summed E-state index contributed by atoms with van der Waals surface area (Å²) in [6.07, 6.45) is 0.562. The van der Waals surface area contributed by atoms with Gasteiger partial charge in [0.2, 0.25) is 5.91 Å². The van der Waals surface area contributed by atoms with Crippen LogP contribution < -0.4 is 11.1 Å². The van der Waals surface area contributed by atoms with Crippen LogP contribution in [-0.2, 0) is 4.79 Å². The van der Waals surface area contributed by atoms with E-state index in [0.717, 1.165) is 0 Å². The van der Waals surface area contributed by atoms with Gasteiger partial charge in [-0.3, -0.25) is 14.9 Å². The normalized spacial score (nSPS) is 12.3. The second-order valence-corrected chi connectivity index (χ2v) is 5.06. The summed E-state index contributed by atoms with van der Waals surface area (Å²) >= 11 is 5.75. The molecule has 0 aromatic heterocycles. The molecule has 0 spiro atoms. The molecule has 0 heterocycles. The lowest BCUT2D eigenvalue weighted by Gasteiger charge is -2.14. The van der Waals surface area contributed by atoms with Gasteiger partial charge in [0.15, 0.2) is 0 Å². The summed E-state index contributed by atoms with van der Waals surface area (Å²) in [6, 6.07) is 3.38. The lowest BCUT2D eigenvalue weighted by Crippen LogP contribution is -2.36. The summed E-state index contributed by atoms with van der Waals surface area (Å²) in [5.41, 5.74) is 5.91. The molecule has 1 atom stereocenters. The summed E-state index contributed by atoms with van der Waals surface area (Å²) < 4.78 is 0. The number of nitrogens with two attached hydrogens (primary N) is 1. The molecule has 0 aliphatic heterocycles. The molecule has 6 nitrogen and oxygen atoms in total. The molecule has 0 fully saturated rings. The van der Waals surface area contributed by atoms with Gasteiger partial charge in [0.25, 0.3) is 5.69 Å². The van der Waals surface area contributed by atoms with Crippen molar-refractivity contribution in [1.29, 1.82) is 0 Å². The van der Waals surface area contributed by atoms with Gasteiger partial charge in [-0.15, -0.1) is 0 Å². The molecule has 1 aromatic rings. The highest BCUT2D eigenvalue weighted by Gasteiger charge is 2.17. The number of nitrogens with zero attached hydrogens (tertiary/aromatic N) is 1. The maximum absolute atomic E-state index is 11.8. The second kappa shape index (κ2) is 6.49. The molecule has 0 bridgehead atoms. The number of halogens is 1. The molecule has 19 heavy (non-hydrogen) atoms. The number of nitro benzene ring substituents is 1. The van der Waals surface area contributed by atoms with E-state index in [-0.39, 0.29) is 16.6 Å². The summed E-state index contributed by atoms with van der Waals surface area (Å²) in [7, 11) is 0. The molecule has 1 aromatic carbocycles. The van der Waals surface area contributed by atoms with Crippen molar-refractivity contribution in [3.63, 3.8) is 0 Å². The highest BCUT2D eigenvalue weighted by Crippen LogP contribution is 2.27. The molecule has 0 saturated heterocycles. The summed E-state index contributed by atoms with van der Waals surface area (Å²) in [5, 5.41) is 13.2. The molecule has 1 rings (SSSR count). The molecule has 104 valence electrons. The quantitative estimate of drug-likeness (QED) is 0.641. The predicted molar refractivity (Wildman–Crippen MR) is 74.2 cm³/mol. The Morgan fingerprint density at radius 1 is 1.53 bits per heavy atom. The topological polar surface area (TPSA) is 98.3 Å². The van der Waals surface area contributed by atoms with E-state index in [1.54, 1.807) is 0 Å². The standard InChI is InChI=1S/C12H16ClN3O3/c1-7(2)5-10(14)12(17)15-8-3-4-11(16(18)19)9(13)6-8/h3-4,6-7,10H,5,14H2,1-2H3,(H,15,17)/t10-/m1/s1. The van der Waals surface area contributed by atoms with Gasteiger partial charge in [0.1, 0.15) is 5.02 Å². The zero-order valence-electron chi connectivity index (χ0n) is 10.7. The van der Waals surface area contributed by atoms with Gasteiger partial charge in [-0.05, 0) is 24.5 Å². The molecule has 1 amide bonds. The van der Waals surface area contributed by atoms with E-state index in [4.69, 9.17) is 17.3 Å². The summed E-state index contributed by atoms with van der Waals surface area (Å²) in [4.78, 5) is 21.8. The van der Waals surface area contributed by atoms with Crippen molar-refractivity contribution in [1.82, 2.24) is 0 Å². The van der Waals surface area contributed by atoms with Crippen LogP contribution in [0.5, 0.6) is 0 Å². The molecular weight excluding hydrogens is 270 g/mol. The molecule has 0 aliphatic rings. The van der Waals surface area contributed by atoms with Crippen LogP contribution in [0.3, 0.4) is 0 Å². The SMILES string of the molecule is CC(C)C[C@@H](N)C(=O)Nc1ccc([N+](=O)[O-])c(Cl)c1. The first-order valence-corrected chi connectivity index (χ1v) is 6.19. The number of nitro groups is 1. The van der Waals surface area contributed by atoms with E-state index in [2.05, 4.69) is 5.32 Å². The first-order chi connectivity index (χ1) is 8.81. The molecule has 0 unspecified atom stereocenters. The Morgan fingerprint density at radius 3 is 2.63 bits per heavy atom. The van der Waals surface area contributed by atoms with Crippen LogP contribution >= 0.6 is 11.6 Å². The first-order valence-electron chi connectivity index (χ1n) is 5.81. The molecule has 0 saturated carbocycles. The van der Waals surface area contributed by atoms with Crippen molar-refractivity contribution in [2.75, 3.05) is 5.32 Å². The minimum Gasteiger partial charge on any atom is -0.325 e. The van der Waals surface area contributed by atoms with Gasteiger partial charge in [0.05, 0.1) is 11.0 Å². The van der Waals surface area contributed by atoms with Crippen molar-refractivity contribution < 1.29 is 9.72 Å². The summed E-state index contributed by atoms with van der Waals surface area (Å²) in [5.74, 6) is -0.0279. The van der Waals surface area contributed by atoms with Crippen LogP contribution in [0.25, 0.3) is 0 Å². The number of hydrogen-bond acceptors (Lipinski definition) is 4. The maximum Gasteiger partial charge on any atom is 0.288 e. The Morgan fingerprint density at radius 2 is 2.16 bits per heavy atom. The second-order valence-electron chi connectivity index (χ2n) is 4.65. The minimum atomic E-state index is -0.617. The third-order valence-corrected chi connectivity index (χ3v) is 2.78. The number of benzene rings is 1. The van der Waals surface area contributed by atoms with Gasteiger partial charge >= 0.3 is 0 Å². The first kappa shape index (κ1) is 15.4. The zero-order valence-corrected chi connectivity index (χ0v) is 11.5. The van der Waals surface area contributed by atoms with Gasteiger partial charge in [0, 0.05) is 11.8 Å². The van der Waals surface area contributed by atoms with Crippen LogP contribution in [0, 0.1) is 16.0 Å². The van der Waals surface area contributed by atoms with Crippen LogP contribution in [0.4, 0.5) is 11.4 Å². The number of carbonyl (C=O) groups excluding carboxylic acids is 1. The Balaban J connectivity index is 2.75. The Hall–Kier alpha value is -1.66. The fourth-order valence-electron chi connectivity index (χ4n) is 1.58. The average Bonchev–Trinajstić information content (AvgIpc) is 2.27. The van der Waals surface area contributed by atoms with E-state index in [0.29, 0.717) is 18.0 Å².